The molecule has 0 spiro atoms. The monoisotopic (exact) mass is 527 g/mol. The van der Waals surface area contributed by atoms with Crippen molar-refractivity contribution in [3.63, 3.8) is 0 Å². The van der Waals surface area contributed by atoms with E-state index >= 15 is 0 Å². The molecule has 0 saturated carbocycles. The number of aryl methyl sites for hydroxylation is 1. The quantitative estimate of drug-likeness (QED) is 0.400. The van der Waals surface area contributed by atoms with Crippen LogP contribution < -0.4 is 25.0 Å². The Bertz CT molecular complexity index is 1110. The first-order valence-corrected chi connectivity index (χ1v) is 13.4. The minimum absolute atomic E-state index is 0.0285. The Balaban J connectivity index is 2.18. The zero-order valence-electron chi connectivity index (χ0n) is 20.8. The summed E-state index contributed by atoms with van der Waals surface area (Å²) in [6.07, 6.45) is -0.182. The topological polar surface area (TPSA) is 139 Å². The van der Waals surface area contributed by atoms with Crippen LogP contribution in [-0.2, 0) is 14.8 Å². The van der Waals surface area contributed by atoms with Crippen LogP contribution in [0.5, 0.6) is 5.75 Å². The van der Waals surface area contributed by atoms with Crippen molar-refractivity contribution in [1.29, 1.82) is 0 Å². The van der Waals surface area contributed by atoms with Crippen LogP contribution in [0.1, 0.15) is 39.8 Å². The smallest absolute Gasteiger partial charge is 0.407 e. The molecule has 0 aliphatic heterocycles. The van der Waals surface area contributed by atoms with E-state index in [1.807, 2.05) is 6.92 Å². The lowest BCUT2D eigenvalue weighted by Gasteiger charge is -2.22. The molecule has 0 aliphatic carbocycles. The molecule has 0 unspecified atom stereocenters. The average Bonchev–Trinajstić information content (AvgIpc) is 3.16. The molecule has 2 rings (SSSR count). The summed E-state index contributed by atoms with van der Waals surface area (Å²) in [5, 5.41) is 5.66. The van der Waals surface area contributed by atoms with Crippen molar-refractivity contribution in [2.45, 2.75) is 50.8 Å². The van der Waals surface area contributed by atoms with Gasteiger partial charge in [0.15, 0.2) is 9.34 Å². The van der Waals surface area contributed by atoms with Gasteiger partial charge < -0.3 is 20.1 Å². The number of carbonyl (C=O) groups is 2. The van der Waals surface area contributed by atoms with Crippen LogP contribution in [0, 0.1) is 6.92 Å². The number of hydrogen-bond acceptors (Lipinski definition) is 8. The number of rotatable bonds is 10. The summed E-state index contributed by atoms with van der Waals surface area (Å²) < 4.78 is 37.6. The second-order valence-corrected chi connectivity index (χ2v) is 11.5. The second-order valence-electron chi connectivity index (χ2n) is 8.40. The van der Waals surface area contributed by atoms with Crippen molar-refractivity contribution in [1.82, 2.24) is 15.0 Å². The Kier molecular flexibility index (Phi) is 9.86. The highest BCUT2D eigenvalue weighted by Gasteiger charge is 2.26. The minimum atomic E-state index is -3.73. The first-order chi connectivity index (χ1) is 16.4. The number of hydrogen-bond donors (Lipinski definition) is 3. The first-order valence-electron chi connectivity index (χ1n) is 11.1. The van der Waals surface area contributed by atoms with Crippen molar-refractivity contribution >= 4 is 44.3 Å². The molecule has 1 aromatic carbocycles. The van der Waals surface area contributed by atoms with Crippen LogP contribution in [0.4, 0.5) is 20.4 Å². The van der Waals surface area contributed by atoms with Crippen LogP contribution in [0.2, 0.25) is 0 Å². The predicted octanol–water partition coefficient (Wildman–Crippen LogP) is 3.71. The Labute approximate surface area is 210 Å². The molecule has 2 aromatic rings. The molecule has 3 amide bonds. The number of nitrogens with zero attached hydrogens (tertiary/aromatic N) is 2. The van der Waals surface area contributed by atoms with Gasteiger partial charge in [0.1, 0.15) is 11.4 Å². The van der Waals surface area contributed by atoms with E-state index in [2.05, 4.69) is 20.3 Å². The van der Waals surface area contributed by atoms with E-state index in [1.54, 1.807) is 52.0 Å². The van der Waals surface area contributed by atoms with E-state index in [4.69, 9.17) is 9.47 Å². The van der Waals surface area contributed by atoms with E-state index in [0.717, 1.165) is 11.3 Å². The summed E-state index contributed by atoms with van der Waals surface area (Å²) >= 11 is 0.891. The van der Waals surface area contributed by atoms with Gasteiger partial charge in [-0.1, -0.05) is 11.3 Å². The standard InChI is InChI=1S/C22H33N5O6S2/c1-7-32-17-11-9-16(10-12-17)26-19(28)27(14-8-13-24-21(29)33-22(3,4)5)20-25-15(2)18(34-20)35(30,31)23-6/h9-12,23H,7-8,13-14H2,1-6H3,(H,24,29)(H,26,28). The number of ether oxygens (including phenoxy) is 2. The lowest BCUT2D eigenvalue weighted by molar-refractivity contribution is 0.0527. The van der Waals surface area contributed by atoms with Crippen LogP contribution >= 0.6 is 11.3 Å². The zero-order chi connectivity index (χ0) is 26.2. The van der Waals surface area contributed by atoms with Crippen molar-refractivity contribution < 1.29 is 27.5 Å². The molecular weight excluding hydrogens is 494 g/mol. The third-order valence-corrected chi connectivity index (χ3v) is 7.58. The molecule has 0 fully saturated rings. The summed E-state index contributed by atoms with van der Waals surface area (Å²) in [6.45, 7) is 9.68. The molecule has 0 aliphatic rings. The molecule has 1 heterocycles. The number of anilines is 2. The molecular formula is C22H33N5O6S2. The zero-order valence-corrected chi connectivity index (χ0v) is 22.4. The average molecular weight is 528 g/mol. The lowest BCUT2D eigenvalue weighted by atomic mass is 10.2. The van der Waals surface area contributed by atoms with E-state index < -0.39 is 27.7 Å². The van der Waals surface area contributed by atoms with Gasteiger partial charge >= 0.3 is 12.1 Å². The SMILES string of the molecule is CCOc1ccc(NC(=O)N(CCCNC(=O)OC(C)(C)C)c2nc(C)c(S(=O)(=O)NC)s2)cc1. The molecule has 0 atom stereocenters. The fourth-order valence-corrected chi connectivity index (χ4v) is 5.20. The maximum Gasteiger partial charge on any atom is 0.407 e. The highest BCUT2D eigenvalue weighted by Crippen LogP contribution is 2.30. The van der Waals surface area contributed by atoms with Crippen LogP contribution in [0.3, 0.4) is 0 Å². The van der Waals surface area contributed by atoms with E-state index in [9.17, 15) is 18.0 Å². The lowest BCUT2D eigenvalue weighted by Crippen LogP contribution is -2.38. The van der Waals surface area contributed by atoms with Gasteiger partial charge in [0.05, 0.1) is 12.3 Å². The van der Waals surface area contributed by atoms with Crippen molar-refractivity contribution in [3.05, 3.63) is 30.0 Å². The van der Waals surface area contributed by atoms with Gasteiger partial charge in [-0.15, -0.1) is 0 Å². The van der Waals surface area contributed by atoms with E-state index in [1.165, 1.54) is 11.9 Å². The van der Waals surface area contributed by atoms with Gasteiger partial charge in [0.25, 0.3) is 10.0 Å². The van der Waals surface area contributed by atoms with E-state index in [-0.39, 0.29) is 28.1 Å². The summed E-state index contributed by atoms with van der Waals surface area (Å²) in [4.78, 5) is 30.7. The van der Waals surface area contributed by atoms with Crippen molar-refractivity contribution in [3.8, 4) is 5.75 Å². The molecule has 3 N–H and O–H groups in total. The Morgan fingerprint density at radius 1 is 1.17 bits per heavy atom. The van der Waals surface area contributed by atoms with Gasteiger partial charge in [0.2, 0.25) is 0 Å². The number of thiazole rings is 1. The first kappa shape index (κ1) is 28.3. The Hall–Kier alpha value is -2.90. The molecule has 0 bridgehead atoms. The van der Waals surface area contributed by atoms with Gasteiger partial charge in [-0.25, -0.2) is 27.7 Å². The predicted molar refractivity (Wildman–Crippen MR) is 136 cm³/mol. The maximum absolute atomic E-state index is 13.2. The molecule has 11 nitrogen and oxygen atoms in total. The number of aromatic nitrogens is 1. The Morgan fingerprint density at radius 3 is 2.40 bits per heavy atom. The number of alkyl carbamates (subject to hydrolysis) is 1. The number of carbonyl (C=O) groups excluding carboxylic acids is 2. The van der Waals surface area contributed by atoms with Gasteiger partial charge in [0, 0.05) is 18.8 Å². The number of nitrogens with one attached hydrogen (secondary N) is 3. The highest BCUT2D eigenvalue weighted by atomic mass is 32.2. The number of amides is 3. The van der Waals surface area contributed by atoms with E-state index in [0.29, 0.717) is 24.5 Å². The highest BCUT2D eigenvalue weighted by molar-refractivity contribution is 7.91. The number of sulfonamides is 1. The van der Waals surface area contributed by atoms with Crippen LogP contribution in [-0.4, -0.2) is 57.9 Å². The number of urea groups is 1. The van der Waals surface area contributed by atoms with Crippen LogP contribution in [0.15, 0.2) is 28.5 Å². The van der Waals surface area contributed by atoms with Gasteiger partial charge in [-0.05, 0) is 72.4 Å². The van der Waals surface area contributed by atoms with Crippen molar-refractivity contribution in [2.75, 3.05) is 37.0 Å². The minimum Gasteiger partial charge on any atom is -0.494 e. The third-order valence-electron chi connectivity index (χ3n) is 4.37. The molecule has 194 valence electrons. The number of benzene rings is 1. The van der Waals surface area contributed by atoms with Gasteiger partial charge in [-0.3, -0.25) is 4.90 Å². The van der Waals surface area contributed by atoms with Crippen molar-refractivity contribution in [2.24, 2.45) is 0 Å². The fourth-order valence-electron chi connectivity index (χ4n) is 2.84. The molecule has 35 heavy (non-hydrogen) atoms. The molecule has 0 radical (unpaired) electrons. The molecule has 13 heteroatoms. The summed E-state index contributed by atoms with van der Waals surface area (Å²) in [6, 6.07) is 6.39. The summed E-state index contributed by atoms with van der Waals surface area (Å²) in [5.74, 6) is 0.674. The summed E-state index contributed by atoms with van der Waals surface area (Å²) in [7, 11) is -2.42. The van der Waals surface area contributed by atoms with Gasteiger partial charge in [-0.2, -0.15) is 0 Å². The second kappa shape index (κ2) is 12.2. The normalized spacial score (nSPS) is 11.6. The summed E-state index contributed by atoms with van der Waals surface area (Å²) in [5.41, 5.74) is 0.193. The molecule has 0 saturated heterocycles. The largest absolute Gasteiger partial charge is 0.494 e. The van der Waals surface area contributed by atoms with Crippen LogP contribution in [0.25, 0.3) is 0 Å². The fraction of sp³-hybridized carbons (Fsp3) is 0.500. The third kappa shape index (κ3) is 8.67. The Morgan fingerprint density at radius 2 is 1.83 bits per heavy atom. The molecule has 1 aromatic heterocycles. The maximum atomic E-state index is 13.2.